The Labute approximate surface area is 200 Å². The number of hydrogen-bond acceptors (Lipinski definition) is 5. The van der Waals surface area contributed by atoms with Crippen LogP contribution in [0.1, 0.15) is 35.2 Å². The van der Waals surface area contributed by atoms with E-state index in [0.717, 1.165) is 41.8 Å². The number of aromatic amines is 2. The topological polar surface area (TPSA) is 141 Å². The standard InChI is InChI=1S/C25H28F2N4O4/c1-2-14-4-3-5-15(6-14)12-29-13-19(20(28)9-16-7-17(26)10-18(27)8-16)23(24(33)34)21-11-22(32)31-25(35)30-21/h3-8,10-11,19-20,23,29H,2,9,12-13,28H2,1H3,(H,33,34)(H2,30,31,32,35)/t19-,20?,23+/m1/s1. The first-order chi connectivity index (χ1) is 16.7. The van der Waals surface area contributed by atoms with E-state index < -0.39 is 46.7 Å². The van der Waals surface area contributed by atoms with Gasteiger partial charge in [0.25, 0.3) is 5.56 Å². The predicted molar refractivity (Wildman–Crippen MR) is 127 cm³/mol. The van der Waals surface area contributed by atoms with Crippen molar-refractivity contribution in [3.63, 3.8) is 0 Å². The van der Waals surface area contributed by atoms with Crippen molar-refractivity contribution in [2.75, 3.05) is 6.54 Å². The number of H-pyrrole nitrogens is 2. The number of aryl methyl sites for hydroxylation is 1. The van der Waals surface area contributed by atoms with Crippen molar-refractivity contribution in [2.45, 2.75) is 38.3 Å². The zero-order chi connectivity index (χ0) is 25.5. The molecule has 0 amide bonds. The van der Waals surface area contributed by atoms with Gasteiger partial charge < -0.3 is 21.1 Å². The fraction of sp³-hybridized carbons (Fsp3) is 0.320. The van der Waals surface area contributed by atoms with E-state index in [-0.39, 0.29) is 24.2 Å². The number of hydrogen-bond donors (Lipinski definition) is 5. The molecule has 2 aromatic carbocycles. The average molecular weight is 487 g/mol. The van der Waals surface area contributed by atoms with E-state index in [1.807, 2.05) is 36.2 Å². The molecule has 0 aliphatic carbocycles. The van der Waals surface area contributed by atoms with Gasteiger partial charge in [-0.3, -0.25) is 14.6 Å². The lowest BCUT2D eigenvalue weighted by Crippen LogP contribution is -2.45. The van der Waals surface area contributed by atoms with Crippen molar-refractivity contribution < 1.29 is 18.7 Å². The highest BCUT2D eigenvalue weighted by Gasteiger charge is 2.35. The van der Waals surface area contributed by atoms with Gasteiger partial charge in [-0.15, -0.1) is 0 Å². The molecule has 0 aliphatic rings. The monoisotopic (exact) mass is 486 g/mol. The van der Waals surface area contributed by atoms with E-state index in [2.05, 4.69) is 10.3 Å². The van der Waals surface area contributed by atoms with Gasteiger partial charge in [-0.05, 0) is 41.7 Å². The minimum atomic E-state index is -1.35. The molecule has 35 heavy (non-hydrogen) atoms. The summed E-state index contributed by atoms with van der Waals surface area (Å²) < 4.78 is 27.4. The van der Waals surface area contributed by atoms with Crippen LogP contribution in [0.15, 0.2) is 58.1 Å². The Morgan fingerprint density at radius 2 is 1.71 bits per heavy atom. The molecule has 186 valence electrons. The van der Waals surface area contributed by atoms with Crippen molar-refractivity contribution >= 4 is 5.97 Å². The summed E-state index contributed by atoms with van der Waals surface area (Å²) in [5, 5.41) is 13.2. The summed E-state index contributed by atoms with van der Waals surface area (Å²) in [5.41, 5.74) is 7.10. The van der Waals surface area contributed by atoms with Crippen LogP contribution in [-0.4, -0.2) is 33.6 Å². The fourth-order valence-electron chi connectivity index (χ4n) is 4.21. The summed E-state index contributed by atoms with van der Waals surface area (Å²) >= 11 is 0. The predicted octanol–water partition coefficient (Wildman–Crippen LogP) is 2.05. The number of rotatable bonds is 11. The molecular formula is C25H28F2N4O4. The Balaban J connectivity index is 1.91. The summed E-state index contributed by atoms with van der Waals surface area (Å²) in [4.78, 5) is 40.4. The van der Waals surface area contributed by atoms with E-state index in [1.165, 1.54) is 0 Å². The molecule has 3 rings (SSSR count). The Morgan fingerprint density at radius 1 is 1.03 bits per heavy atom. The lowest BCUT2D eigenvalue weighted by atomic mass is 9.81. The van der Waals surface area contributed by atoms with E-state index in [4.69, 9.17) is 5.73 Å². The molecule has 0 fully saturated rings. The Kier molecular flexibility index (Phi) is 8.67. The van der Waals surface area contributed by atoms with Crippen LogP contribution >= 0.6 is 0 Å². The summed E-state index contributed by atoms with van der Waals surface area (Å²) in [5.74, 6) is -5.04. The Hall–Kier alpha value is -3.63. The largest absolute Gasteiger partial charge is 0.481 e. The van der Waals surface area contributed by atoms with Crippen LogP contribution in [-0.2, 0) is 24.2 Å². The maximum atomic E-state index is 13.7. The van der Waals surface area contributed by atoms with Gasteiger partial charge in [-0.25, -0.2) is 13.6 Å². The van der Waals surface area contributed by atoms with Crippen LogP contribution < -0.4 is 22.3 Å². The van der Waals surface area contributed by atoms with Gasteiger partial charge in [0.1, 0.15) is 17.6 Å². The van der Waals surface area contributed by atoms with Crippen molar-refractivity contribution in [3.8, 4) is 0 Å². The number of halogens is 2. The molecule has 3 atom stereocenters. The average Bonchev–Trinajstić information content (AvgIpc) is 2.77. The maximum Gasteiger partial charge on any atom is 0.325 e. The van der Waals surface area contributed by atoms with Crippen molar-refractivity contribution in [1.82, 2.24) is 15.3 Å². The first-order valence-corrected chi connectivity index (χ1v) is 11.2. The number of carboxylic acids is 1. The maximum absolute atomic E-state index is 13.7. The minimum absolute atomic E-state index is 0.0243. The first kappa shape index (κ1) is 26.0. The summed E-state index contributed by atoms with van der Waals surface area (Å²) in [6.07, 6.45) is 0.839. The molecule has 0 saturated heterocycles. The number of nitrogens with two attached hydrogens (primary N) is 1. The second-order valence-corrected chi connectivity index (χ2v) is 8.47. The molecule has 1 heterocycles. The van der Waals surface area contributed by atoms with Gasteiger partial charge >= 0.3 is 11.7 Å². The second kappa shape index (κ2) is 11.7. The Bertz CT molecular complexity index is 1240. The number of benzene rings is 2. The first-order valence-electron chi connectivity index (χ1n) is 11.2. The minimum Gasteiger partial charge on any atom is -0.481 e. The molecule has 6 N–H and O–H groups in total. The molecule has 0 saturated carbocycles. The third-order valence-corrected chi connectivity index (χ3v) is 5.86. The Morgan fingerprint density at radius 3 is 2.34 bits per heavy atom. The quantitative estimate of drug-likeness (QED) is 0.281. The number of carbonyl (C=O) groups is 1. The van der Waals surface area contributed by atoms with Crippen molar-refractivity contribution in [3.05, 3.63) is 103 Å². The van der Waals surface area contributed by atoms with Crippen LogP contribution in [0.3, 0.4) is 0 Å². The molecule has 1 unspecified atom stereocenters. The molecule has 8 nitrogen and oxygen atoms in total. The van der Waals surface area contributed by atoms with Crippen LogP contribution in [0.4, 0.5) is 8.78 Å². The molecule has 0 bridgehead atoms. The third-order valence-electron chi connectivity index (χ3n) is 5.86. The van der Waals surface area contributed by atoms with Gasteiger partial charge in [-0.1, -0.05) is 31.2 Å². The summed E-state index contributed by atoms with van der Waals surface area (Å²) in [6, 6.07) is 11.0. The van der Waals surface area contributed by atoms with Gasteiger partial charge in [0.05, 0.1) is 0 Å². The van der Waals surface area contributed by atoms with Gasteiger partial charge in [-0.2, -0.15) is 0 Å². The smallest absolute Gasteiger partial charge is 0.325 e. The lowest BCUT2D eigenvalue weighted by molar-refractivity contribution is -0.140. The molecule has 1 aromatic heterocycles. The molecule has 10 heteroatoms. The zero-order valence-electron chi connectivity index (χ0n) is 19.2. The number of aromatic nitrogens is 2. The molecule has 0 radical (unpaired) electrons. The highest BCUT2D eigenvalue weighted by atomic mass is 19.1. The molecule has 3 aromatic rings. The van der Waals surface area contributed by atoms with Crippen molar-refractivity contribution in [2.24, 2.45) is 11.7 Å². The molecular weight excluding hydrogens is 458 g/mol. The molecule has 0 spiro atoms. The van der Waals surface area contributed by atoms with Crippen LogP contribution in [0.2, 0.25) is 0 Å². The normalized spacial score (nSPS) is 13.8. The van der Waals surface area contributed by atoms with E-state index in [1.54, 1.807) is 0 Å². The SMILES string of the molecule is CCc1cccc(CNC[C@H](C(N)Cc2cc(F)cc(F)c2)[C@H](C(=O)O)c2cc(=O)[nH]c(=O)[nH]2)c1. The highest BCUT2D eigenvalue weighted by molar-refractivity contribution is 5.76. The number of aliphatic carboxylic acids is 1. The lowest BCUT2D eigenvalue weighted by Gasteiger charge is -2.30. The van der Waals surface area contributed by atoms with Crippen LogP contribution in [0, 0.1) is 17.6 Å². The highest BCUT2D eigenvalue weighted by Crippen LogP contribution is 2.27. The fourth-order valence-corrected chi connectivity index (χ4v) is 4.21. The van der Waals surface area contributed by atoms with Crippen LogP contribution in [0.25, 0.3) is 0 Å². The van der Waals surface area contributed by atoms with Gasteiger partial charge in [0.15, 0.2) is 0 Å². The van der Waals surface area contributed by atoms with E-state index in [0.29, 0.717) is 6.54 Å². The number of carboxylic acid groups (broad SMARTS) is 1. The summed E-state index contributed by atoms with van der Waals surface area (Å²) in [7, 11) is 0. The van der Waals surface area contributed by atoms with Gasteiger partial charge in [0.2, 0.25) is 0 Å². The zero-order valence-corrected chi connectivity index (χ0v) is 19.2. The van der Waals surface area contributed by atoms with Crippen LogP contribution in [0.5, 0.6) is 0 Å². The van der Waals surface area contributed by atoms with E-state index >= 15 is 0 Å². The molecule has 0 aliphatic heterocycles. The van der Waals surface area contributed by atoms with Crippen molar-refractivity contribution in [1.29, 1.82) is 0 Å². The van der Waals surface area contributed by atoms with E-state index in [9.17, 15) is 28.3 Å². The second-order valence-electron chi connectivity index (χ2n) is 8.47. The third kappa shape index (κ3) is 7.17. The van der Waals surface area contributed by atoms with Gasteiger partial charge in [0, 0.05) is 42.9 Å². The summed E-state index contributed by atoms with van der Waals surface area (Å²) in [6.45, 7) is 2.56. The number of nitrogens with one attached hydrogen (secondary N) is 3.